The molecule has 0 radical (unpaired) electrons. The summed E-state index contributed by atoms with van der Waals surface area (Å²) >= 11 is 0. The van der Waals surface area contributed by atoms with Crippen LogP contribution in [0.15, 0.2) is 48.8 Å². The van der Waals surface area contributed by atoms with Crippen LogP contribution in [0, 0.1) is 6.92 Å². The minimum Gasteiger partial charge on any atom is -0.461 e. The molecule has 0 spiro atoms. The number of aromatic amines is 1. The molecule has 0 saturated heterocycles. The topological polar surface area (TPSA) is 124 Å². The minimum atomic E-state index is -0.428. The van der Waals surface area contributed by atoms with Crippen molar-refractivity contribution in [2.24, 2.45) is 0 Å². The Morgan fingerprint density at radius 3 is 2.63 bits per heavy atom. The maximum Gasteiger partial charge on any atom is 0.357 e. The summed E-state index contributed by atoms with van der Waals surface area (Å²) in [6.45, 7) is 6.66. The van der Waals surface area contributed by atoms with Gasteiger partial charge in [0, 0.05) is 24.4 Å². The van der Waals surface area contributed by atoms with Crippen LogP contribution in [0.1, 0.15) is 41.3 Å². The Balaban J connectivity index is 1.50. The number of pyridine rings is 2. The summed E-state index contributed by atoms with van der Waals surface area (Å²) in [6, 6.07) is 11.9. The number of H-pyrrole nitrogens is 1. The fourth-order valence-electron chi connectivity index (χ4n) is 4.11. The number of carbonyl (C=O) groups is 1. The van der Waals surface area contributed by atoms with E-state index in [-0.39, 0.29) is 0 Å². The third kappa shape index (κ3) is 4.25. The quantitative estimate of drug-likeness (QED) is 0.358. The molecule has 0 atom stereocenters. The molecule has 0 aliphatic carbocycles. The molecule has 0 saturated carbocycles. The maximum atomic E-state index is 12.3. The summed E-state index contributed by atoms with van der Waals surface area (Å²) in [6.07, 6.45) is 4.23. The number of tetrazole rings is 1. The van der Waals surface area contributed by atoms with E-state index in [9.17, 15) is 4.79 Å². The average molecular weight is 469 g/mol. The van der Waals surface area contributed by atoms with Gasteiger partial charge in [0.15, 0.2) is 17.2 Å². The number of fused-ring (bicyclic) bond motifs is 1. The number of imidazole rings is 1. The van der Waals surface area contributed by atoms with Crippen LogP contribution in [-0.4, -0.2) is 52.7 Å². The maximum absolute atomic E-state index is 12.3. The summed E-state index contributed by atoms with van der Waals surface area (Å²) in [5.74, 6) is 1.05. The van der Waals surface area contributed by atoms with E-state index in [2.05, 4.69) is 66.3 Å². The highest BCUT2D eigenvalue weighted by Crippen LogP contribution is 2.29. The van der Waals surface area contributed by atoms with E-state index in [4.69, 9.17) is 9.72 Å². The molecule has 4 aromatic heterocycles. The molecule has 10 nitrogen and oxygen atoms in total. The van der Waals surface area contributed by atoms with E-state index in [1.54, 1.807) is 25.4 Å². The van der Waals surface area contributed by atoms with Crippen LogP contribution in [-0.2, 0) is 17.7 Å². The van der Waals surface area contributed by atoms with Crippen LogP contribution >= 0.6 is 0 Å². The van der Waals surface area contributed by atoms with Crippen LogP contribution in [0.2, 0.25) is 0 Å². The number of aryl methyl sites for hydroxylation is 2. The fraction of sp³-hybridized carbons (Fsp3) is 0.240. The Morgan fingerprint density at radius 2 is 1.91 bits per heavy atom. The van der Waals surface area contributed by atoms with Gasteiger partial charge in [-0.1, -0.05) is 31.2 Å². The summed E-state index contributed by atoms with van der Waals surface area (Å²) in [4.78, 5) is 26.0. The molecule has 176 valence electrons. The van der Waals surface area contributed by atoms with Gasteiger partial charge in [-0.25, -0.2) is 19.9 Å². The smallest absolute Gasteiger partial charge is 0.357 e. The van der Waals surface area contributed by atoms with Gasteiger partial charge in [-0.05, 0) is 58.7 Å². The van der Waals surface area contributed by atoms with Crippen molar-refractivity contribution < 1.29 is 9.53 Å². The van der Waals surface area contributed by atoms with Crippen molar-refractivity contribution in [1.82, 2.24) is 40.1 Å². The predicted octanol–water partition coefficient (Wildman–Crippen LogP) is 3.77. The molecule has 35 heavy (non-hydrogen) atoms. The number of hydrogen-bond acceptors (Lipinski definition) is 8. The number of nitrogens with zero attached hydrogens (tertiary/aromatic N) is 7. The van der Waals surface area contributed by atoms with E-state index in [0.29, 0.717) is 30.3 Å². The van der Waals surface area contributed by atoms with Crippen LogP contribution in [0.25, 0.3) is 33.7 Å². The van der Waals surface area contributed by atoms with Gasteiger partial charge in [-0.2, -0.15) is 0 Å². The second-order valence-corrected chi connectivity index (χ2v) is 8.05. The molecule has 5 rings (SSSR count). The van der Waals surface area contributed by atoms with Gasteiger partial charge >= 0.3 is 5.97 Å². The lowest BCUT2D eigenvalue weighted by atomic mass is 10.00. The van der Waals surface area contributed by atoms with Crippen LogP contribution in [0.5, 0.6) is 0 Å². The SMILES string of the molecule is CCOC(=O)c1cc(C)c2nc(CC)n(Cc3ccc(-c4ccncc4-c4nnn[nH]4)cc3)c2n1. The Hall–Kier alpha value is -4.47. The zero-order chi connectivity index (χ0) is 24.4. The van der Waals surface area contributed by atoms with E-state index in [1.807, 2.05) is 13.0 Å². The second-order valence-electron chi connectivity index (χ2n) is 8.05. The molecule has 0 fully saturated rings. The molecule has 4 heterocycles. The highest BCUT2D eigenvalue weighted by atomic mass is 16.5. The van der Waals surface area contributed by atoms with Crippen molar-refractivity contribution in [1.29, 1.82) is 0 Å². The fourth-order valence-corrected chi connectivity index (χ4v) is 4.11. The van der Waals surface area contributed by atoms with E-state index < -0.39 is 5.97 Å². The molecule has 1 N–H and O–H groups in total. The third-order valence-electron chi connectivity index (χ3n) is 5.80. The van der Waals surface area contributed by atoms with Crippen molar-refractivity contribution in [3.8, 4) is 22.5 Å². The van der Waals surface area contributed by atoms with Crippen LogP contribution in [0.3, 0.4) is 0 Å². The number of aromatic nitrogens is 8. The largest absolute Gasteiger partial charge is 0.461 e. The highest BCUT2D eigenvalue weighted by Gasteiger charge is 2.18. The summed E-state index contributed by atoms with van der Waals surface area (Å²) in [7, 11) is 0. The summed E-state index contributed by atoms with van der Waals surface area (Å²) < 4.78 is 7.23. The zero-order valence-corrected chi connectivity index (χ0v) is 19.7. The normalized spacial score (nSPS) is 11.2. The number of hydrogen-bond donors (Lipinski definition) is 1. The van der Waals surface area contributed by atoms with Gasteiger partial charge < -0.3 is 9.30 Å². The van der Waals surface area contributed by atoms with Crippen molar-refractivity contribution in [2.75, 3.05) is 6.61 Å². The Bertz CT molecular complexity index is 1490. The summed E-state index contributed by atoms with van der Waals surface area (Å²) in [5.41, 5.74) is 6.58. The Labute approximate surface area is 201 Å². The van der Waals surface area contributed by atoms with Gasteiger partial charge in [0.1, 0.15) is 11.3 Å². The first-order chi connectivity index (χ1) is 17.1. The number of benzene rings is 1. The minimum absolute atomic E-state index is 0.295. The number of esters is 1. The average Bonchev–Trinajstić information content (AvgIpc) is 3.54. The van der Waals surface area contributed by atoms with Crippen molar-refractivity contribution in [3.63, 3.8) is 0 Å². The number of ether oxygens (including phenoxy) is 1. The monoisotopic (exact) mass is 468 g/mol. The van der Waals surface area contributed by atoms with Crippen molar-refractivity contribution in [3.05, 3.63) is 71.4 Å². The Morgan fingerprint density at radius 1 is 1.09 bits per heavy atom. The van der Waals surface area contributed by atoms with Gasteiger partial charge in [0.25, 0.3) is 0 Å². The van der Waals surface area contributed by atoms with Crippen molar-refractivity contribution >= 4 is 17.1 Å². The second kappa shape index (κ2) is 9.41. The van der Waals surface area contributed by atoms with E-state index in [0.717, 1.165) is 45.6 Å². The highest BCUT2D eigenvalue weighted by molar-refractivity contribution is 5.91. The zero-order valence-electron chi connectivity index (χ0n) is 19.7. The van der Waals surface area contributed by atoms with Gasteiger partial charge in [-0.15, -0.1) is 5.10 Å². The lowest BCUT2D eigenvalue weighted by molar-refractivity contribution is 0.0519. The lowest BCUT2D eigenvalue weighted by Gasteiger charge is -2.11. The molecular formula is C25H24N8O2. The van der Waals surface area contributed by atoms with Gasteiger partial charge in [-0.3, -0.25) is 4.98 Å². The first-order valence-electron chi connectivity index (χ1n) is 11.4. The van der Waals surface area contributed by atoms with Crippen molar-refractivity contribution in [2.45, 2.75) is 33.7 Å². The number of rotatable bonds is 7. The molecule has 0 bridgehead atoms. The van der Waals surface area contributed by atoms with Crippen LogP contribution < -0.4 is 0 Å². The standard InChI is InChI=1S/C25H24N8O2/c1-4-21-28-22-15(3)12-20(25(34)35-5-2)27-24(22)33(21)14-16-6-8-17(9-7-16)18-10-11-26-13-19(18)23-29-31-32-30-23/h6-13H,4-5,14H2,1-3H3,(H,29,30,31,32). The van der Waals surface area contributed by atoms with E-state index in [1.165, 1.54) is 0 Å². The molecule has 0 aliphatic heterocycles. The molecule has 0 aliphatic rings. The van der Waals surface area contributed by atoms with Gasteiger partial charge in [0.2, 0.25) is 0 Å². The molecular weight excluding hydrogens is 444 g/mol. The molecule has 10 heteroatoms. The number of nitrogens with one attached hydrogen (secondary N) is 1. The number of carbonyl (C=O) groups excluding carboxylic acids is 1. The summed E-state index contributed by atoms with van der Waals surface area (Å²) in [5, 5.41) is 14.2. The molecule has 1 aromatic carbocycles. The predicted molar refractivity (Wildman–Crippen MR) is 130 cm³/mol. The Kier molecular flexibility index (Phi) is 6.01. The first-order valence-corrected chi connectivity index (χ1v) is 11.4. The third-order valence-corrected chi connectivity index (χ3v) is 5.80. The van der Waals surface area contributed by atoms with E-state index >= 15 is 0 Å². The first kappa shape index (κ1) is 22.3. The van der Waals surface area contributed by atoms with Crippen LogP contribution in [0.4, 0.5) is 0 Å². The molecule has 0 unspecified atom stereocenters. The lowest BCUT2D eigenvalue weighted by Crippen LogP contribution is -2.10. The molecule has 5 aromatic rings. The van der Waals surface area contributed by atoms with Gasteiger partial charge in [0.05, 0.1) is 13.2 Å². The molecule has 0 amide bonds.